The third-order valence-electron chi connectivity index (χ3n) is 3.83. The predicted octanol–water partition coefficient (Wildman–Crippen LogP) is 3.48. The van der Waals surface area contributed by atoms with Crippen LogP contribution in [0.15, 0.2) is 68.9 Å². The van der Waals surface area contributed by atoms with E-state index in [2.05, 4.69) is 20.4 Å². The summed E-state index contributed by atoms with van der Waals surface area (Å²) in [5.41, 5.74) is 12.7. The van der Waals surface area contributed by atoms with E-state index in [9.17, 15) is 8.78 Å². The highest BCUT2D eigenvalue weighted by molar-refractivity contribution is 6.67. The Bertz CT molecular complexity index is 972. The molecule has 11 heteroatoms. The summed E-state index contributed by atoms with van der Waals surface area (Å²) in [6, 6.07) is 11.8. The van der Waals surface area contributed by atoms with E-state index >= 15 is 0 Å². The van der Waals surface area contributed by atoms with Gasteiger partial charge >= 0.3 is 8.56 Å². The molecular formula is C20H24F2N6O2Si. The quantitative estimate of drug-likeness (QED) is 0.305. The third-order valence-corrected chi connectivity index (χ3v) is 5.23. The lowest BCUT2D eigenvalue weighted by Gasteiger charge is -2.22. The molecule has 8 nitrogen and oxygen atoms in total. The zero-order chi connectivity index (χ0) is 23.0. The average Bonchev–Trinajstić information content (AvgIpc) is 2.70. The van der Waals surface area contributed by atoms with Crippen molar-refractivity contribution in [1.82, 2.24) is 0 Å². The minimum Gasteiger partial charge on any atom is -0.483 e. The summed E-state index contributed by atoms with van der Waals surface area (Å²) in [7, 11) is -2.95. The first-order valence-corrected chi connectivity index (χ1v) is 12.0. The monoisotopic (exact) mass is 446 g/mol. The number of nitrogens with zero attached hydrogens (tertiary/aromatic N) is 4. The molecule has 31 heavy (non-hydrogen) atoms. The minimum atomic E-state index is -2.95. The van der Waals surface area contributed by atoms with Gasteiger partial charge in [0.15, 0.2) is 0 Å². The van der Waals surface area contributed by atoms with E-state index in [0.717, 1.165) is 0 Å². The number of amidine groups is 2. The van der Waals surface area contributed by atoms with Crippen LogP contribution in [0.25, 0.3) is 0 Å². The van der Waals surface area contributed by atoms with Gasteiger partial charge in [-0.1, -0.05) is 46.6 Å². The third kappa shape index (κ3) is 7.30. The van der Waals surface area contributed by atoms with Crippen molar-refractivity contribution in [3.63, 3.8) is 0 Å². The number of benzene rings is 2. The largest absolute Gasteiger partial charge is 0.483 e. The molecular weight excluding hydrogens is 422 g/mol. The van der Waals surface area contributed by atoms with Gasteiger partial charge in [0, 0.05) is 24.2 Å². The summed E-state index contributed by atoms with van der Waals surface area (Å²) in [5, 5.41) is 15.3. The van der Waals surface area contributed by atoms with Crippen molar-refractivity contribution in [1.29, 1.82) is 0 Å². The van der Waals surface area contributed by atoms with Crippen molar-refractivity contribution in [2.45, 2.75) is 26.9 Å². The summed E-state index contributed by atoms with van der Waals surface area (Å²) < 4.78 is 38.6. The molecule has 0 unspecified atom stereocenters. The van der Waals surface area contributed by atoms with Crippen LogP contribution in [0.3, 0.4) is 0 Å². The zero-order valence-corrected chi connectivity index (χ0v) is 18.6. The van der Waals surface area contributed by atoms with Gasteiger partial charge in [-0.15, -0.1) is 0 Å². The van der Waals surface area contributed by atoms with E-state index in [0.29, 0.717) is 22.6 Å². The van der Waals surface area contributed by atoms with E-state index in [-0.39, 0.29) is 12.0 Å². The second-order valence-corrected chi connectivity index (χ2v) is 10.0. The van der Waals surface area contributed by atoms with Gasteiger partial charge < -0.3 is 20.3 Å². The maximum absolute atomic E-state index is 13.8. The molecule has 2 aromatic carbocycles. The van der Waals surface area contributed by atoms with E-state index in [1.807, 2.05) is 0 Å². The second kappa shape index (κ2) is 10.4. The van der Waals surface area contributed by atoms with Gasteiger partial charge in [-0.25, -0.2) is 8.78 Å². The van der Waals surface area contributed by atoms with Gasteiger partial charge in [-0.05, 0) is 26.0 Å². The highest BCUT2D eigenvalue weighted by atomic mass is 28.4. The fourth-order valence-electron chi connectivity index (χ4n) is 2.43. The Morgan fingerprint density at radius 3 is 1.42 bits per heavy atom. The molecule has 0 radical (unpaired) electrons. The molecule has 0 amide bonds. The Balaban J connectivity index is 2.04. The number of rotatable bonds is 6. The van der Waals surface area contributed by atoms with E-state index < -0.39 is 20.2 Å². The fraction of sp³-hybridized carbons (Fsp3) is 0.200. The molecule has 0 saturated carbocycles. The molecule has 2 aromatic rings. The van der Waals surface area contributed by atoms with Gasteiger partial charge in [-0.3, -0.25) is 0 Å². The highest BCUT2D eigenvalue weighted by Crippen LogP contribution is 2.10. The first kappa shape index (κ1) is 23.7. The highest BCUT2D eigenvalue weighted by Gasteiger charge is 2.31. The summed E-state index contributed by atoms with van der Waals surface area (Å²) in [5.74, 6) is -0.849. The molecule has 0 aliphatic rings. The van der Waals surface area contributed by atoms with E-state index in [4.69, 9.17) is 20.3 Å². The molecule has 0 heterocycles. The Labute approximate surface area is 180 Å². The molecule has 0 spiro atoms. The van der Waals surface area contributed by atoms with Crippen molar-refractivity contribution in [2.75, 3.05) is 0 Å². The average molecular weight is 447 g/mol. The SMILES string of the molecule is C/C(=N\N=C(/N)O[Si](C)(C)O/C(N)=N/N=C(\C)c1ccccc1F)c1ccccc1F. The standard InChI is InChI=1S/C20H24F2N6O2Si/c1-13(15-9-5-7-11-17(15)21)25-27-19(23)29-31(3,4)30-20(24)28-26-14(2)16-10-6-8-12-18(16)22/h5-12H,1-4H3,(H2,23,27)(H2,24,28)/b25-13+,26-14+. The Morgan fingerprint density at radius 1 is 0.710 bits per heavy atom. The van der Waals surface area contributed by atoms with Crippen LogP contribution in [0, 0.1) is 11.6 Å². The van der Waals surface area contributed by atoms with Gasteiger partial charge in [0.25, 0.3) is 12.0 Å². The molecule has 0 fully saturated rings. The maximum atomic E-state index is 13.8. The summed E-state index contributed by atoms with van der Waals surface area (Å²) in [4.78, 5) is 0. The van der Waals surface area contributed by atoms with Crippen LogP contribution in [0.5, 0.6) is 0 Å². The predicted molar refractivity (Wildman–Crippen MR) is 120 cm³/mol. The topological polar surface area (TPSA) is 120 Å². The van der Waals surface area contributed by atoms with Crippen molar-refractivity contribution < 1.29 is 17.6 Å². The normalized spacial score (nSPS) is 13.9. The molecule has 0 bridgehead atoms. The van der Waals surface area contributed by atoms with Crippen molar-refractivity contribution in [2.24, 2.45) is 31.9 Å². The minimum absolute atomic E-state index is 0.272. The summed E-state index contributed by atoms with van der Waals surface area (Å²) in [6.07, 6.45) is 0. The van der Waals surface area contributed by atoms with Crippen molar-refractivity contribution in [3.05, 3.63) is 71.3 Å². The lowest BCUT2D eigenvalue weighted by atomic mass is 10.1. The van der Waals surface area contributed by atoms with Crippen LogP contribution < -0.4 is 11.5 Å². The molecule has 0 aliphatic carbocycles. The molecule has 0 aromatic heterocycles. The maximum Gasteiger partial charge on any atom is 0.458 e. The van der Waals surface area contributed by atoms with Crippen LogP contribution in [-0.4, -0.2) is 32.0 Å². The second-order valence-electron chi connectivity index (χ2n) is 6.81. The van der Waals surface area contributed by atoms with E-state index in [1.54, 1.807) is 63.3 Å². The first-order valence-electron chi connectivity index (χ1n) is 9.22. The Hall–Kier alpha value is -3.60. The fourth-order valence-corrected chi connectivity index (χ4v) is 3.56. The molecule has 0 saturated heterocycles. The number of halogens is 2. The summed E-state index contributed by atoms with van der Waals surface area (Å²) >= 11 is 0. The van der Waals surface area contributed by atoms with Crippen molar-refractivity contribution in [3.8, 4) is 0 Å². The van der Waals surface area contributed by atoms with E-state index in [1.165, 1.54) is 12.1 Å². The number of hydrogen-bond donors (Lipinski definition) is 2. The summed E-state index contributed by atoms with van der Waals surface area (Å²) in [6.45, 7) is 6.49. The molecule has 2 rings (SSSR count). The Morgan fingerprint density at radius 2 is 1.06 bits per heavy atom. The van der Waals surface area contributed by atoms with Gasteiger partial charge in [0.1, 0.15) is 11.6 Å². The lowest BCUT2D eigenvalue weighted by Crippen LogP contribution is -2.43. The van der Waals surface area contributed by atoms with Gasteiger partial charge in [0.05, 0.1) is 11.4 Å². The van der Waals surface area contributed by atoms with Crippen LogP contribution >= 0.6 is 0 Å². The molecule has 4 N–H and O–H groups in total. The Kier molecular flexibility index (Phi) is 7.97. The first-order chi connectivity index (χ1) is 14.6. The number of nitrogens with two attached hydrogens (primary N) is 2. The smallest absolute Gasteiger partial charge is 0.458 e. The van der Waals surface area contributed by atoms with Gasteiger partial charge in [0.2, 0.25) is 0 Å². The molecule has 0 atom stereocenters. The van der Waals surface area contributed by atoms with Crippen LogP contribution in [0.1, 0.15) is 25.0 Å². The van der Waals surface area contributed by atoms with Crippen LogP contribution in [-0.2, 0) is 8.85 Å². The molecule has 164 valence electrons. The van der Waals surface area contributed by atoms with Crippen molar-refractivity contribution >= 4 is 32.0 Å². The van der Waals surface area contributed by atoms with Crippen LogP contribution in [0.4, 0.5) is 8.78 Å². The lowest BCUT2D eigenvalue weighted by molar-refractivity contribution is 0.379. The zero-order valence-electron chi connectivity index (χ0n) is 17.6. The molecule has 0 aliphatic heterocycles. The number of hydrogen-bond acceptors (Lipinski definition) is 6. The van der Waals surface area contributed by atoms with Crippen LogP contribution in [0.2, 0.25) is 13.1 Å². The van der Waals surface area contributed by atoms with Gasteiger partial charge in [-0.2, -0.15) is 10.2 Å².